The standard InChI is InChI=1S/C14H17N7O3/c15-5-10(16)12(23)19-8-3-1-7(2-4-8)9-6-18-14(20-11(9)22)21-13(17)24/h1-4,6,10H,5,15-16H2,(H,19,23)(H4,17,18,20,21,22,24). The van der Waals surface area contributed by atoms with E-state index in [0.29, 0.717) is 16.8 Å². The molecule has 1 unspecified atom stereocenters. The highest BCUT2D eigenvalue weighted by molar-refractivity contribution is 5.95. The topological polar surface area (TPSA) is 182 Å². The van der Waals surface area contributed by atoms with Crippen molar-refractivity contribution >= 4 is 23.6 Å². The fraction of sp³-hybridized carbons (Fsp3) is 0.143. The summed E-state index contributed by atoms with van der Waals surface area (Å²) in [7, 11) is 0. The van der Waals surface area contributed by atoms with Gasteiger partial charge in [-0.3, -0.25) is 19.9 Å². The molecular formula is C14H17N7O3. The highest BCUT2D eigenvalue weighted by Gasteiger charge is 2.12. The van der Waals surface area contributed by atoms with Crippen LogP contribution >= 0.6 is 0 Å². The zero-order valence-corrected chi connectivity index (χ0v) is 12.6. The summed E-state index contributed by atoms with van der Waals surface area (Å²) in [6.07, 6.45) is 1.31. The van der Waals surface area contributed by atoms with Gasteiger partial charge in [-0.25, -0.2) is 9.78 Å². The Kier molecular flexibility index (Phi) is 5.24. The largest absolute Gasteiger partial charge is 0.351 e. The van der Waals surface area contributed by atoms with Crippen LogP contribution in [0.3, 0.4) is 0 Å². The summed E-state index contributed by atoms with van der Waals surface area (Å²) in [5, 5.41) is 4.78. The summed E-state index contributed by atoms with van der Waals surface area (Å²) >= 11 is 0. The number of aromatic nitrogens is 2. The minimum atomic E-state index is -0.832. The van der Waals surface area contributed by atoms with Crippen LogP contribution in [0.4, 0.5) is 16.4 Å². The molecule has 9 N–H and O–H groups in total. The Bertz CT molecular complexity index is 801. The lowest BCUT2D eigenvalue weighted by atomic mass is 10.1. The van der Waals surface area contributed by atoms with E-state index in [1.54, 1.807) is 24.3 Å². The molecule has 0 aliphatic carbocycles. The van der Waals surface area contributed by atoms with Crippen molar-refractivity contribution in [3.8, 4) is 11.1 Å². The van der Waals surface area contributed by atoms with Gasteiger partial charge >= 0.3 is 6.03 Å². The number of carbonyl (C=O) groups excluding carboxylic acids is 2. The lowest BCUT2D eigenvalue weighted by Crippen LogP contribution is -2.41. The predicted octanol–water partition coefficient (Wildman–Crippen LogP) is -0.848. The van der Waals surface area contributed by atoms with E-state index in [0.717, 1.165) is 0 Å². The highest BCUT2D eigenvalue weighted by atomic mass is 16.2. The molecule has 0 aliphatic heterocycles. The van der Waals surface area contributed by atoms with E-state index in [4.69, 9.17) is 17.2 Å². The molecule has 0 aliphatic rings. The van der Waals surface area contributed by atoms with Crippen molar-refractivity contribution in [2.75, 3.05) is 17.2 Å². The summed E-state index contributed by atoms with van der Waals surface area (Å²) in [5.41, 5.74) is 16.7. The number of anilines is 2. The first-order valence-electron chi connectivity index (χ1n) is 6.93. The quantitative estimate of drug-likeness (QED) is 0.415. The van der Waals surface area contributed by atoms with E-state index < -0.39 is 23.5 Å². The number of nitrogens with zero attached hydrogens (tertiary/aromatic N) is 1. The summed E-state index contributed by atoms with van der Waals surface area (Å²) in [6.45, 7) is 0.0383. The van der Waals surface area contributed by atoms with Crippen LogP contribution in [0.1, 0.15) is 0 Å². The second kappa shape index (κ2) is 7.35. The maximum atomic E-state index is 12.0. The molecule has 1 aromatic carbocycles. The Morgan fingerprint density at radius 1 is 1.21 bits per heavy atom. The highest BCUT2D eigenvalue weighted by Crippen LogP contribution is 2.18. The second-order valence-electron chi connectivity index (χ2n) is 4.87. The van der Waals surface area contributed by atoms with Gasteiger partial charge in [-0.1, -0.05) is 12.1 Å². The Balaban J connectivity index is 2.17. The van der Waals surface area contributed by atoms with Gasteiger partial charge in [0, 0.05) is 18.4 Å². The van der Waals surface area contributed by atoms with Crippen molar-refractivity contribution in [3.05, 3.63) is 40.8 Å². The van der Waals surface area contributed by atoms with Gasteiger partial charge in [-0.05, 0) is 17.7 Å². The number of carbonyl (C=O) groups is 2. The third kappa shape index (κ3) is 4.15. The van der Waals surface area contributed by atoms with Crippen LogP contribution in [0.25, 0.3) is 11.1 Å². The molecule has 3 amide bonds. The van der Waals surface area contributed by atoms with Gasteiger partial charge in [0.25, 0.3) is 5.56 Å². The molecule has 126 valence electrons. The van der Waals surface area contributed by atoms with Gasteiger partial charge in [0.05, 0.1) is 11.6 Å². The van der Waals surface area contributed by atoms with E-state index in [1.165, 1.54) is 6.20 Å². The summed E-state index contributed by atoms with van der Waals surface area (Å²) in [5.74, 6) is -0.442. The summed E-state index contributed by atoms with van der Waals surface area (Å²) < 4.78 is 0. The number of benzene rings is 1. The molecule has 1 heterocycles. The minimum absolute atomic E-state index is 0.0383. The van der Waals surface area contributed by atoms with Crippen molar-refractivity contribution in [2.45, 2.75) is 6.04 Å². The molecule has 0 saturated heterocycles. The summed E-state index contributed by atoms with van der Waals surface area (Å²) in [4.78, 5) is 40.7. The van der Waals surface area contributed by atoms with Crippen molar-refractivity contribution < 1.29 is 9.59 Å². The Labute approximate surface area is 136 Å². The second-order valence-corrected chi connectivity index (χ2v) is 4.87. The lowest BCUT2D eigenvalue weighted by Gasteiger charge is -2.10. The smallest absolute Gasteiger partial charge is 0.318 e. The number of hydrogen-bond donors (Lipinski definition) is 6. The molecule has 0 fully saturated rings. The van der Waals surface area contributed by atoms with E-state index in [1.807, 2.05) is 0 Å². The van der Waals surface area contributed by atoms with Crippen LogP contribution in [-0.4, -0.2) is 34.5 Å². The van der Waals surface area contributed by atoms with Crippen molar-refractivity contribution in [1.82, 2.24) is 9.97 Å². The molecule has 10 nitrogen and oxygen atoms in total. The Hall–Kier alpha value is -3.24. The average Bonchev–Trinajstić information content (AvgIpc) is 2.54. The van der Waals surface area contributed by atoms with Crippen LogP contribution in [0.15, 0.2) is 35.3 Å². The van der Waals surface area contributed by atoms with Gasteiger partial charge in [0.2, 0.25) is 11.9 Å². The molecule has 0 radical (unpaired) electrons. The van der Waals surface area contributed by atoms with Gasteiger partial charge < -0.3 is 22.5 Å². The Morgan fingerprint density at radius 3 is 2.42 bits per heavy atom. The molecule has 24 heavy (non-hydrogen) atoms. The molecule has 0 saturated carbocycles. The van der Waals surface area contributed by atoms with Gasteiger partial charge in [-0.15, -0.1) is 0 Å². The van der Waals surface area contributed by atoms with E-state index in [-0.39, 0.29) is 12.5 Å². The molecule has 0 spiro atoms. The van der Waals surface area contributed by atoms with Crippen LogP contribution in [0, 0.1) is 0 Å². The summed E-state index contributed by atoms with van der Waals surface area (Å²) in [6, 6.07) is 4.88. The Morgan fingerprint density at radius 2 is 1.88 bits per heavy atom. The number of urea groups is 1. The van der Waals surface area contributed by atoms with E-state index in [9.17, 15) is 14.4 Å². The van der Waals surface area contributed by atoms with Gasteiger partial charge in [0.1, 0.15) is 0 Å². The number of amides is 3. The van der Waals surface area contributed by atoms with Crippen LogP contribution in [0.2, 0.25) is 0 Å². The number of rotatable bonds is 5. The molecule has 2 rings (SSSR count). The first-order valence-corrected chi connectivity index (χ1v) is 6.93. The molecule has 0 bridgehead atoms. The molecule has 2 aromatic rings. The van der Waals surface area contributed by atoms with Gasteiger partial charge in [-0.2, -0.15) is 0 Å². The number of hydrogen-bond acceptors (Lipinski definition) is 6. The fourth-order valence-electron chi connectivity index (χ4n) is 1.86. The predicted molar refractivity (Wildman–Crippen MR) is 89.2 cm³/mol. The number of H-pyrrole nitrogens is 1. The number of nitrogens with two attached hydrogens (primary N) is 3. The molecule has 1 atom stereocenters. The first kappa shape index (κ1) is 17.1. The van der Waals surface area contributed by atoms with Gasteiger partial charge in [0.15, 0.2) is 0 Å². The van der Waals surface area contributed by atoms with Crippen LogP contribution in [0.5, 0.6) is 0 Å². The maximum Gasteiger partial charge on any atom is 0.318 e. The normalized spacial score (nSPS) is 11.6. The van der Waals surface area contributed by atoms with Crippen LogP contribution in [-0.2, 0) is 4.79 Å². The third-order valence-electron chi connectivity index (χ3n) is 3.10. The van der Waals surface area contributed by atoms with Crippen molar-refractivity contribution in [1.29, 1.82) is 0 Å². The monoisotopic (exact) mass is 331 g/mol. The minimum Gasteiger partial charge on any atom is -0.351 e. The lowest BCUT2D eigenvalue weighted by molar-refractivity contribution is -0.117. The third-order valence-corrected chi connectivity index (χ3v) is 3.10. The number of primary amides is 1. The fourth-order valence-corrected chi connectivity index (χ4v) is 1.86. The SMILES string of the molecule is NCC(N)C(=O)Nc1ccc(-c2cnc(NC(N)=O)[nH]c2=O)cc1. The molecule has 1 aromatic heterocycles. The number of aromatic amines is 1. The number of nitrogens with one attached hydrogen (secondary N) is 3. The van der Waals surface area contributed by atoms with E-state index in [2.05, 4.69) is 20.6 Å². The average molecular weight is 331 g/mol. The zero-order valence-electron chi connectivity index (χ0n) is 12.6. The molecule has 10 heteroatoms. The van der Waals surface area contributed by atoms with Crippen LogP contribution < -0.4 is 33.4 Å². The molecular weight excluding hydrogens is 314 g/mol. The maximum absolute atomic E-state index is 12.0. The zero-order chi connectivity index (χ0) is 17.7. The van der Waals surface area contributed by atoms with Crippen molar-refractivity contribution in [2.24, 2.45) is 17.2 Å². The van der Waals surface area contributed by atoms with Crippen molar-refractivity contribution in [3.63, 3.8) is 0 Å². The van der Waals surface area contributed by atoms with E-state index >= 15 is 0 Å². The first-order chi connectivity index (χ1) is 11.4.